The second-order valence-electron chi connectivity index (χ2n) is 18.7. The fraction of sp³-hybridized carbons (Fsp3) is 0.848. The number of methoxy groups -OCH3 is 2. The van der Waals surface area contributed by atoms with Crippen molar-refractivity contribution in [3.05, 3.63) is 23.8 Å². The lowest BCUT2D eigenvalue weighted by Gasteiger charge is -2.50. The van der Waals surface area contributed by atoms with Gasteiger partial charge in [-0.25, -0.2) is 0 Å². The zero-order valence-corrected chi connectivity index (χ0v) is 39.7. The highest BCUT2D eigenvalue weighted by molar-refractivity contribution is 5.91. The van der Waals surface area contributed by atoms with Crippen molar-refractivity contribution in [1.29, 1.82) is 0 Å². The molecule has 64 heavy (non-hydrogen) atoms. The van der Waals surface area contributed by atoms with Crippen molar-refractivity contribution in [2.75, 3.05) is 34.9 Å². The molecule has 7 unspecified atom stereocenters. The number of aliphatic hydroxyl groups is 5. The second-order valence-corrected chi connectivity index (χ2v) is 18.7. The lowest BCUT2D eigenvalue weighted by Crippen LogP contribution is -2.65. The average Bonchev–Trinajstić information content (AvgIpc) is 3.23. The number of allylic oxidation sites excluding steroid dienone is 3. The lowest BCUT2D eigenvalue weighted by molar-refractivity contribution is -0.341. The van der Waals surface area contributed by atoms with Crippen molar-refractivity contribution in [1.82, 2.24) is 4.90 Å². The minimum Gasteiger partial charge on any atom is -0.462 e. The molecule has 3 fully saturated rings. The molecule has 0 aromatic rings. The SMILES string of the molecule is CCC1OC(=O)CC(O)C(C)C(O[C@@H]2O[C@H](C)[C@@H](O[C@H]3C[C@@](C)(O)[C@@H](O)[C@@H](C)O3)[C@H](N(C)C)[C@H]2O)C(CC=O)CC(C)C(=O)/C=C\C(C)=C\C1CO[C@@H]1O[C@@H](C)[C@@H](O)[C@@H](OC)[C@@H]1OC. The zero-order chi connectivity index (χ0) is 47.8. The van der Waals surface area contributed by atoms with Gasteiger partial charge in [-0.1, -0.05) is 38.5 Å². The van der Waals surface area contributed by atoms with E-state index >= 15 is 0 Å². The van der Waals surface area contributed by atoms with E-state index in [2.05, 4.69) is 0 Å². The predicted molar refractivity (Wildman–Crippen MR) is 230 cm³/mol. The highest BCUT2D eigenvalue weighted by Gasteiger charge is 2.52. The van der Waals surface area contributed by atoms with E-state index in [1.54, 1.807) is 59.7 Å². The Morgan fingerprint density at radius 1 is 0.859 bits per heavy atom. The van der Waals surface area contributed by atoms with Crippen molar-refractivity contribution >= 4 is 18.0 Å². The molecule has 0 aromatic heterocycles. The van der Waals surface area contributed by atoms with Gasteiger partial charge in [0.2, 0.25) is 0 Å². The van der Waals surface area contributed by atoms with Crippen LogP contribution in [0.5, 0.6) is 0 Å². The molecule has 0 bridgehead atoms. The Balaban J connectivity index is 1.62. The first-order valence-electron chi connectivity index (χ1n) is 22.7. The molecule has 0 radical (unpaired) electrons. The maximum absolute atomic E-state index is 13.8. The van der Waals surface area contributed by atoms with Gasteiger partial charge in [0.25, 0.3) is 0 Å². The molecule has 4 rings (SSSR count). The summed E-state index contributed by atoms with van der Waals surface area (Å²) in [5.74, 6) is -3.59. The standard InChI is InChI=1S/C46H77NO17/c1-13-33-30(22-58-45-42(57-12)41(56-11)37(52)26(5)60-45)18-23(2)14-15-31(49)24(3)19-29(16-17-48)39(25(4)32(50)20-34(51)62-33)64-44-38(53)36(47(9)10)40(27(6)61-44)63-35-21-46(8,55)43(54)28(7)59-35/h14-15,17-18,24-30,32-33,35-45,50,52-55H,13,16,19-22H2,1-12H3/b15-14-,23-18+/t24?,25?,26-,27+,28+,29?,30?,32?,33?,35-,36+,37+,38+,39?,40+,41+,42-,43-,44-,45+,46+/m0/s1. The normalized spacial score (nSPS) is 45.9. The number of ketones is 1. The van der Waals surface area contributed by atoms with E-state index < -0.39 is 140 Å². The van der Waals surface area contributed by atoms with E-state index in [0.29, 0.717) is 12.0 Å². The van der Waals surface area contributed by atoms with Gasteiger partial charge in [0.1, 0.15) is 49.0 Å². The van der Waals surface area contributed by atoms with Crippen molar-refractivity contribution in [3.63, 3.8) is 0 Å². The van der Waals surface area contributed by atoms with Gasteiger partial charge in [0, 0.05) is 44.8 Å². The predicted octanol–water partition coefficient (Wildman–Crippen LogP) is 1.83. The van der Waals surface area contributed by atoms with E-state index in [-0.39, 0.29) is 31.7 Å². The molecular formula is C46H77NO17. The Morgan fingerprint density at radius 2 is 1.52 bits per heavy atom. The second kappa shape index (κ2) is 24.1. The third-order valence-corrected chi connectivity index (χ3v) is 13.4. The molecule has 5 N–H and O–H groups in total. The largest absolute Gasteiger partial charge is 0.462 e. The number of hydrogen-bond acceptors (Lipinski definition) is 18. The number of likely N-dealkylation sites (N-methyl/N-ethyl adjacent to an activating group) is 1. The Morgan fingerprint density at radius 3 is 2.11 bits per heavy atom. The average molecular weight is 916 g/mol. The van der Waals surface area contributed by atoms with Crippen LogP contribution in [0.1, 0.15) is 87.5 Å². The molecule has 0 spiro atoms. The van der Waals surface area contributed by atoms with Gasteiger partial charge in [-0.2, -0.15) is 0 Å². The number of hydrogen-bond donors (Lipinski definition) is 5. The smallest absolute Gasteiger partial charge is 0.308 e. The highest BCUT2D eigenvalue weighted by Crippen LogP contribution is 2.37. The number of esters is 1. The first-order valence-corrected chi connectivity index (χ1v) is 22.7. The van der Waals surface area contributed by atoms with Crippen LogP contribution in [0.4, 0.5) is 0 Å². The van der Waals surface area contributed by atoms with Crippen LogP contribution in [-0.2, 0) is 57.0 Å². The van der Waals surface area contributed by atoms with Gasteiger partial charge in [-0.05, 0) is 73.5 Å². The first kappa shape index (κ1) is 54.3. The summed E-state index contributed by atoms with van der Waals surface area (Å²) in [6.07, 6.45) is -8.49. The molecule has 0 aromatic carbocycles. The third kappa shape index (κ3) is 13.5. The summed E-state index contributed by atoms with van der Waals surface area (Å²) < 4.78 is 54.7. The molecule has 4 aliphatic rings. The molecule has 0 saturated carbocycles. The van der Waals surface area contributed by atoms with Crippen molar-refractivity contribution in [2.24, 2.45) is 23.7 Å². The summed E-state index contributed by atoms with van der Waals surface area (Å²) in [5, 5.41) is 55.8. The van der Waals surface area contributed by atoms with Crippen LogP contribution in [0.15, 0.2) is 23.8 Å². The number of aliphatic hydroxyl groups excluding tert-OH is 4. The number of rotatable bonds is 13. The monoisotopic (exact) mass is 916 g/mol. The summed E-state index contributed by atoms with van der Waals surface area (Å²) in [6, 6.07) is -0.748. The van der Waals surface area contributed by atoms with Crippen molar-refractivity contribution < 1.29 is 82.5 Å². The summed E-state index contributed by atoms with van der Waals surface area (Å²) >= 11 is 0. The van der Waals surface area contributed by atoms with Crippen LogP contribution in [0.3, 0.4) is 0 Å². The molecule has 18 nitrogen and oxygen atoms in total. The van der Waals surface area contributed by atoms with Gasteiger partial charge < -0.3 is 77.9 Å². The van der Waals surface area contributed by atoms with Crippen LogP contribution in [0, 0.1) is 23.7 Å². The molecule has 18 heteroatoms. The molecule has 368 valence electrons. The summed E-state index contributed by atoms with van der Waals surface area (Å²) in [7, 11) is 6.43. The Kier molecular flexibility index (Phi) is 20.5. The van der Waals surface area contributed by atoms with Crippen molar-refractivity contribution in [2.45, 2.75) is 191 Å². The number of carbonyl (C=O) groups is 3. The highest BCUT2D eigenvalue weighted by atomic mass is 16.7. The van der Waals surface area contributed by atoms with Gasteiger partial charge in [0.05, 0.1) is 55.2 Å². The maximum Gasteiger partial charge on any atom is 0.308 e. The molecule has 4 heterocycles. The van der Waals surface area contributed by atoms with Gasteiger partial charge in [-0.3, -0.25) is 9.59 Å². The van der Waals surface area contributed by atoms with E-state index in [4.69, 9.17) is 42.6 Å². The number of ether oxygens (including phenoxy) is 9. The van der Waals surface area contributed by atoms with Gasteiger partial charge >= 0.3 is 5.97 Å². The fourth-order valence-corrected chi connectivity index (χ4v) is 9.51. The summed E-state index contributed by atoms with van der Waals surface area (Å²) in [6.45, 7) is 13.6. The van der Waals surface area contributed by atoms with Crippen LogP contribution < -0.4 is 0 Å². The van der Waals surface area contributed by atoms with Crippen LogP contribution in [0.2, 0.25) is 0 Å². The Bertz CT molecular complexity index is 1560. The first-order chi connectivity index (χ1) is 30.1. The van der Waals surface area contributed by atoms with E-state index in [0.717, 1.165) is 6.29 Å². The third-order valence-electron chi connectivity index (χ3n) is 13.4. The van der Waals surface area contributed by atoms with Crippen LogP contribution >= 0.6 is 0 Å². The molecule has 4 aliphatic heterocycles. The molecule has 0 aliphatic carbocycles. The molecule has 0 amide bonds. The van der Waals surface area contributed by atoms with E-state index in [9.17, 15) is 39.9 Å². The van der Waals surface area contributed by atoms with Crippen molar-refractivity contribution in [3.8, 4) is 0 Å². The minimum atomic E-state index is -1.49. The van der Waals surface area contributed by atoms with E-state index in [1.165, 1.54) is 27.2 Å². The molecule has 21 atom stereocenters. The quantitative estimate of drug-likeness (QED) is 0.131. The number of cyclic esters (lactones) is 1. The van der Waals surface area contributed by atoms with E-state index in [1.807, 2.05) is 19.9 Å². The summed E-state index contributed by atoms with van der Waals surface area (Å²) in [4.78, 5) is 41.5. The zero-order valence-electron chi connectivity index (χ0n) is 39.7. The number of carbonyl (C=O) groups excluding carboxylic acids is 3. The van der Waals surface area contributed by atoms with Crippen LogP contribution in [0.25, 0.3) is 0 Å². The lowest BCUT2D eigenvalue weighted by atomic mass is 9.79. The topological polar surface area (TPSA) is 239 Å². The molecular weight excluding hydrogens is 838 g/mol. The van der Waals surface area contributed by atoms with Gasteiger partial charge in [-0.15, -0.1) is 0 Å². The summed E-state index contributed by atoms with van der Waals surface area (Å²) in [5.41, 5.74) is -0.806. The fourth-order valence-electron chi connectivity index (χ4n) is 9.51. The van der Waals surface area contributed by atoms with Crippen LogP contribution in [-0.4, -0.2) is 187 Å². The van der Waals surface area contributed by atoms with Gasteiger partial charge in [0.15, 0.2) is 24.7 Å². The maximum atomic E-state index is 13.8. The Labute approximate surface area is 378 Å². The Hall–Kier alpha value is -2.27. The minimum absolute atomic E-state index is 0.00788. The molecule has 3 saturated heterocycles. The number of nitrogens with zero attached hydrogens (tertiary/aromatic N) is 1. The number of aldehydes is 1.